The average molecular weight is 812 g/mol. The Morgan fingerprint density at radius 2 is 1.04 bits per heavy atom. The second-order valence-electron chi connectivity index (χ2n) is 12.3. The van der Waals surface area contributed by atoms with Crippen LogP contribution in [0, 0.1) is 18.2 Å². The van der Waals surface area contributed by atoms with Crippen LogP contribution in [-0.2, 0) is 52.2 Å². The van der Waals surface area contributed by atoms with Crippen LogP contribution in [0.3, 0.4) is 0 Å². The third-order valence-corrected chi connectivity index (χ3v) is 8.78. The zero-order valence-corrected chi connectivity index (χ0v) is 29.7. The van der Waals surface area contributed by atoms with Gasteiger partial charge in [0.15, 0.2) is 0 Å². The number of aryl methyl sites for hydroxylation is 5. The Morgan fingerprint density at radius 1 is 0.531 bits per heavy atom. The maximum Gasteiger partial charge on any atom is 0.0192 e. The van der Waals surface area contributed by atoms with Gasteiger partial charge >= 0.3 is 0 Å². The van der Waals surface area contributed by atoms with E-state index in [0.29, 0.717) is 0 Å². The van der Waals surface area contributed by atoms with E-state index in [-0.39, 0.29) is 26.1 Å². The molecule has 0 fully saturated rings. The molecule has 3 nitrogen and oxygen atoms in total. The van der Waals surface area contributed by atoms with Crippen molar-refractivity contribution in [1.82, 2.24) is 9.97 Å². The number of hydrogen-bond donors (Lipinski definition) is 0. The molecule has 1 unspecified atom stereocenters. The van der Waals surface area contributed by atoms with Gasteiger partial charge in [-0.15, -0.1) is 71.8 Å². The van der Waals surface area contributed by atoms with Crippen molar-refractivity contribution in [2.45, 2.75) is 44.6 Å². The number of allylic oxidation sites excluding steroid dienone is 2. The van der Waals surface area contributed by atoms with Crippen molar-refractivity contribution in [2.24, 2.45) is 0 Å². The van der Waals surface area contributed by atoms with Crippen LogP contribution in [0.2, 0.25) is 0 Å². The Labute approximate surface area is 304 Å². The average Bonchev–Trinajstić information content (AvgIpc) is 3.17. The normalized spacial score (nSPS) is 13.6. The molecule has 7 rings (SSSR count). The molecule has 1 aliphatic heterocycles. The zero-order chi connectivity index (χ0) is 32.4. The minimum Gasteiger partial charge on any atom is -0.683 e. The third-order valence-electron chi connectivity index (χ3n) is 8.78. The van der Waals surface area contributed by atoms with Crippen LogP contribution in [0.1, 0.15) is 45.8 Å². The molecular formula is C45H37IrN3-4. The van der Waals surface area contributed by atoms with Gasteiger partial charge in [-0.1, -0.05) is 66.2 Å². The quantitative estimate of drug-likeness (QED) is 0.116. The number of aromatic nitrogens is 2. The SMILES string of the molecule is [Ir].[c-]1ccccc1-c1ccc(CCc2cc(CCC3=C[N-]C(c4[c-]cccc4)C=C3)cc(CCc3ccc(-c4[c-]cccc4)nc3)c2)cn1. The van der Waals surface area contributed by atoms with Gasteiger partial charge in [0.05, 0.1) is 0 Å². The van der Waals surface area contributed by atoms with Crippen molar-refractivity contribution in [3.63, 3.8) is 0 Å². The summed E-state index contributed by atoms with van der Waals surface area (Å²) in [4.78, 5) is 9.46. The standard InChI is InChI=1S/C45H37N3.Ir/c1-4-10-40(11-5-1)43-25-22-34(31-46-43)16-19-37-28-38(20-17-35-23-26-44(47-32-35)41-12-6-2-7-13-41)30-39(29-37)21-18-36-24-27-45(48-33-36)42-14-8-3-9-15-42;/h1-10,12,14,22-33,43H,16-21H2;/q-4;. The molecule has 2 aromatic heterocycles. The number of hydrogen-bond acceptors (Lipinski definition) is 2. The Hall–Kier alpha value is -4.89. The molecule has 6 aromatic rings. The van der Waals surface area contributed by atoms with Crippen molar-refractivity contribution in [2.75, 3.05) is 0 Å². The van der Waals surface area contributed by atoms with E-state index < -0.39 is 0 Å². The Bertz CT molecular complexity index is 1860. The predicted molar refractivity (Wildman–Crippen MR) is 195 cm³/mol. The molecule has 0 amide bonds. The molecule has 1 aliphatic rings. The fourth-order valence-corrected chi connectivity index (χ4v) is 6.11. The summed E-state index contributed by atoms with van der Waals surface area (Å²) in [5, 5.41) is 4.81. The molecular weight excluding hydrogens is 775 g/mol. The number of rotatable bonds is 12. The smallest absolute Gasteiger partial charge is 0.0192 e. The minimum absolute atomic E-state index is 0. The van der Waals surface area contributed by atoms with Gasteiger partial charge in [-0.3, -0.25) is 0 Å². The molecule has 0 saturated heterocycles. The van der Waals surface area contributed by atoms with Crippen LogP contribution < -0.4 is 0 Å². The fourth-order valence-electron chi connectivity index (χ4n) is 6.11. The van der Waals surface area contributed by atoms with Gasteiger partial charge in [0.25, 0.3) is 0 Å². The third kappa shape index (κ3) is 9.38. The molecule has 1 radical (unpaired) electrons. The van der Waals surface area contributed by atoms with Crippen LogP contribution >= 0.6 is 0 Å². The summed E-state index contributed by atoms with van der Waals surface area (Å²) in [6.07, 6.45) is 16.2. The van der Waals surface area contributed by atoms with E-state index in [1.807, 2.05) is 73.2 Å². The molecule has 0 bridgehead atoms. The van der Waals surface area contributed by atoms with E-state index in [9.17, 15) is 0 Å². The Morgan fingerprint density at radius 3 is 1.47 bits per heavy atom. The van der Waals surface area contributed by atoms with Crippen LogP contribution in [0.15, 0.2) is 152 Å². The summed E-state index contributed by atoms with van der Waals surface area (Å²) in [7, 11) is 0. The predicted octanol–water partition coefficient (Wildman–Crippen LogP) is 10.3. The molecule has 4 heteroatoms. The van der Waals surface area contributed by atoms with Crippen LogP contribution in [0.25, 0.3) is 27.8 Å². The van der Waals surface area contributed by atoms with Gasteiger partial charge in [-0.25, -0.2) is 0 Å². The Kier molecular flexibility index (Phi) is 11.8. The second kappa shape index (κ2) is 17.0. The summed E-state index contributed by atoms with van der Waals surface area (Å²) in [6.45, 7) is 0. The fraction of sp³-hybridized carbons (Fsp3) is 0.156. The van der Waals surface area contributed by atoms with Crippen molar-refractivity contribution < 1.29 is 20.1 Å². The summed E-state index contributed by atoms with van der Waals surface area (Å²) < 4.78 is 0. The van der Waals surface area contributed by atoms with Gasteiger partial charge in [0.1, 0.15) is 0 Å². The summed E-state index contributed by atoms with van der Waals surface area (Å²) in [6, 6.07) is 49.7. The maximum atomic E-state index is 4.81. The van der Waals surface area contributed by atoms with Gasteiger partial charge in [-0.05, 0) is 77.7 Å². The van der Waals surface area contributed by atoms with Gasteiger partial charge in [0, 0.05) is 32.5 Å². The monoisotopic (exact) mass is 812 g/mol. The van der Waals surface area contributed by atoms with Gasteiger partial charge in [0.2, 0.25) is 0 Å². The van der Waals surface area contributed by atoms with Gasteiger partial charge < -0.3 is 15.3 Å². The van der Waals surface area contributed by atoms with E-state index in [1.165, 1.54) is 33.4 Å². The first-order valence-corrected chi connectivity index (χ1v) is 16.7. The molecule has 0 spiro atoms. The van der Waals surface area contributed by atoms with Crippen molar-refractivity contribution in [1.29, 1.82) is 0 Å². The second-order valence-corrected chi connectivity index (χ2v) is 12.3. The molecule has 1 atom stereocenters. The first-order valence-electron chi connectivity index (χ1n) is 16.7. The largest absolute Gasteiger partial charge is 0.683 e. The van der Waals surface area contributed by atoms with Crippen molar-refractivity contribution in [3.05, 3.63) is 208 Å². The van der Waals surface area contributed by atoms with Crippen molar-refractivity contribution in [3.8, 4) is 22.5 Å². The molecule has 0 saturated carbocycles. The topological polar surface area (TPSA) is 39.9 Å². The van der Waals surface area contributed by atoms with E-state index in [1.54, 1.807) is 0 Å². The first-order chi connectivity index (χ1) is 23.7. The van der Waals surface area contributed by atoms with Crippen LogP contribution in [-0.4, -0.2) is 9.97 Å². The summed E-state index contributed by atoms with van der Waals surface area (Å²) in [5.74, 6) is 0. The molecule has 3 heterocycles. The number of nitrogens with zero attached hydrogens (tertiary/aromatic N) is 3. The zero-order valence-electron chi connectivity index (χ0n) is 27.4. The molecule has 0 N–H and O–H groups in total. The van der Waals surface area contributed by atoms with E-state index in [0.717, 1.165) is 66.6 Å². The maximum absolute atomic E-state index is 4.81. The molecule has 4 aromatic carbocycles. The van der Waals surface area contributed by atoms with Crippen LogP contribution in [0.4, 0.5) is 0 Å². The minimum atomic E-state index is 0. The first kappa shape index (κ1) is 34.0. The van der Waals surface area contributed by atoms with E-state index in [2.05, 4.69) is 91.0 Å². The van der Waals surface area contributed by atoms with Crippen molar-refractivity contribution >= 4 is 0 Å². The Balaban J connectivity index is 0.00000417. The molecule has 0 aliphatic carbocycles. The van der Waals surface area contributed by atoms with E-state index >= 15 is 0 Å². The number of pyridine rings is 2. The summed E-state index contributed by atoms with van der Waals surface area (Å²) in [5.41, 5.74) is 12.9. The van der Waals surface area contributed by atoms with Crippen LogP contribution in [0.5, 0.6) is 0 Å². The molecule has 49 heavy (non-hydrogen) atoms. The molecule has 245 valence electrons. The van der Waals surface area contributed by atoms with Gasteiger partial charge in [-0.2, -0.15) is 42.1 Å². The summed E-state index contributed by atoms with van der Waals surface area (Å²) >= 11 is 0. The van der Waals surface area contributed by atoms with E-state index in [4.69, 9.17) is 15.3 Å². The number of benzene rings is 4.